The van der Waals surface area contributed by atoms with Gasteiger partial charge in [0, 0.05) is 37.9 Å². The van der Waals surface area contributed by atoms with Crippen LogP contribution in [-0.2, 0) is 9.53 Å². The number of rotatable bonds is 5. The summed E-state index contributed by atoms with van der Waals surface area (Å²) < 4.78 is 31.5. The van der Waals surface area contributed by atoms with E-state index in [2.05, 4.69) is 0 Å². The van der Waals surface area contributed by atoms with E-state index in [1.807, 2.05) is 4.90 Å². The summed E-state index contributed by atoms with van der Waals surface area (Å²) in [6.07, 6.45) is 0. The summed E-state index contributed by atoms with van der Waals surface area (Å²) in [5, 5.41) is 10.6. The Morgan fingerprint density at radius 2 is 1.69 bits per heavy atom. The molecule has 1 aliphatic rings. The number of ether oxygens (including phenoxy) is 1. The molecule has 8 nitrogen and oxygen atoms in total. The molecule has 0 saturated carbocycles. The molecule has 29 heavy (non-hydrogen) atoms. The number of amides is 1. The Morgan fingerprint density at radius 3 is 2.28 bits per heavy atom. The van der Waals surface area contributed by atoms with Gasteiger partial charge in [-0.2, -0.15) is 4.39 Å². The highest BCUT2D eigenvalue weighted by Crippen LogP contribution is 2.19. The lowest BCUT2D eigenvalue weighted by molar-refractivity contribution is -0.387. The van der Waals surface area contributed by atoms with Gasteiger partial charge in [-0.3, -0.25) is 14.9 Å². The van der Waals surface area contributed by atoms with Crippen LogP contribution in [0.25, 0.3) is 0 Å². The van der Waals surface area contributed by atoms with Crippen molar-refractivity contribution in [2.24, 2.45) is 0 Å². The van der Waals surface area contributed by atoms with Gasteiger partial charge in [-0.05, 0) is 36.4 Å². The van der Waals surface area contributed by atoms with Crippen molar-refractivity contribution in [3.8, 4) is 0 Å². The molecular weight excluding hydrogens is 388 g/mol. The first-order valence-corrected chi connectivity index (χ1v) is 8.74. The predicted molar refractivity (Wildman–Crippen MR) is 98.5 cm³/mol. The number of halogens is 2. The van der Waals surface area contributed by atoms with Gasteiger partial charge in [0.15, 0.2) is 6.61 Å². The van der Waals surface area contributed by atoms with Gasteiger partial charge in [0.2, 0.25) is 5.82 Å². The maximum absolute atomic E-state index is 13.6. The second-order valence-electron chi connectivity index (χ2n) is 6.34. The van der Waals surface area contributed by atoms with E-state index >= 15 is 0 Å². The van der Waals surface area contributed by atoms with E-state index in [9.17, 15) is 28.5 Å². The fraction of sp³-hybridized carbons (Fsp3) is 0.263. The molecule has 152 valence electrons. The quantitative estimate of drug-likeness (QED) is 0.431. The van der Waals surface area contributed by atoms with E-state index in [1.165, 1.54) is 17.0 Å². The number of nitro groups is 1. The number of carbonyl (C=O) groups is 2. The molecule has 0 spiro atoms. The lowest BCUT2D eigenvalue weighted by atomic mass is 10.2. The zero-order valence-corrected chi connectivity index (χ0v) is 15.2. The van der Waals surface area contributed by atoms with Crippen LogP contribution in [0, 0.1) is 21.7 Å². The first-order valence-electron chi connectivity index (χ1n) is 8.74. The van der Waals surface area contributed by atoms with Crippen LogP contribution < -0.4 is 4.90 Å². The van der Waals surface area contributed by atoms with Crippen molar-refractivity contribution in [3.05, 3.63) is 69.8 Å². The SMILES string of the molecule is O=C(OCC(=O)N1CCN(c2ccc(F)cc2)CC1)c1ccc([N+](=O)[O-])c(F)c1. The van der Waals surface area contributed by atoms with Gasteiger partial charge in [0.1, 0.15) is 5.82 Å². The van der Waals surface area contributed by atoms with E-state index < -0.39 is 34.9 Å². The molecule has 1 aliphatic heterocycles. The third kappa shape index (κ3) is 4.84. The monoisotopic (exact) mass is 405 g/mol. The normalized spacial score (nSPS) is 13.9. The maximum atomic E-state index is 13.6. The van der Waals surface area contributed by atoms with Gasteiger partial charge in [0.25, 0.3) is 5.91 Å². The van der Waals surface area contributed by atoms with E-state index in [1.54, 1.807) is 12.1 Å². The predicted octanol–water partition coefficient (Wildman–Crippen LogP) is 2.38. The minimum absolute atomic E-state index is 0.220. The number of benzene rings is 2. The van der Waals surface area contributed by atoms with Crippen LogP contribution in [0.4, 0.5) is 20.2 Å². The molecule has 1 fully saturated rings. The molecule has 0 aromatic heterocycles. The molecule has 10 heteroatoms. The molecule has 3 rings (SSSR count). The van der Waals surface area contributed by atoms with Crippen LogP contribution in [0.2, 0.25) is 0 Å². The summed E-state index contributed by atoms with van der Waals surface area (Å²) in [7, 11) is 0. The number of esters is 1. The van der Waals surface area contributed by atoms with Crippen molar-refractivity contribution in [1.82, 2.24) is 4.90 Å². The summed E-state index contributed by atoms with van der Waals surface area (Å²) in [4.78, 5) is 37.4. The Kier molecular flexibility index (Phi) is 6.01. The molecule has 0 unspecified atom stereocenters. The minimum atomic E-state index is -1.16. The highest BCUT2D eigenvalue weighted by Gasteiger charge is 2.23. The summed E-state index contributed by atoms with van der Waals surface area (Å²) in [5.74, 6) is -2.83. The van der Waals surface area contributed by atoms with Crippen LogP contribution in [0.1, 0.15) is 10.4 Å². The van der Waals surface area contributed by atoms with Gasteiger partial charge in [-0.15, -0.1) is 0 Å². The van der Waals surface area contributed by atoms with Crippen molar-refractivity contribution in [2.45, 2.75) is 0 Å². The number of carbonyl (C=O) groups excluding carboxylic acids is 2. The Labute approximate surface area is 164 Å². The first kappa shape index (κ1) is 20.2. The lowest BCUT2D eigenvalue weighted by Gasteiger charge is -2.36. The highest BCUT2D eigenvalue weighted by molar-refractivity contribution is 5.91. The third-order valence-corrected chi connectivity index (χ3v) is 4.53. The Balaban J connectivity index is 1.50. The van der Waals surface area contributed by atoms with Gasteiger partial charge >= 0.3 is 11.7 Å². The fourth-order valence-electron chi connectivity index (χ4n) is 2.95. The molecule has 2 aromatic carbocycles. The second-order valence-corrected chi connectivity index (χ2v) is 6.34. The first-order chi connectivity index (χ1) is 13.8. The van der Waals surface area contributed by atoms with Crippen molar-refractivity contribution in [1.29, 1.82) is 0 Å². The molecule has 1 heterocycles. The number of nitrogens with zero attached hydrogens (tertiary/aromatic N) is 3. The molecule has 0 aliphatic carbocycles. The average molecular weight is 405 g/mol. The van der Waals surface area contributed by atoms with Gasteiger partial charge < -0.3 is 14.5 Å². The smallest absolute Gasteiger partial charge is 0.338 e. The zero-order chi connectivity index (χ0) is 21.0. The molecule has 0 atom stereocenters. The molecule has 1 amide bonds. The molecule has 0 N–H and O–H groups in total. The molecule has 2 aromatic rings. The van der Waals surface area contributed by atoms with E-state index in [4.69, 9.17) is 4.74 Å². The van der Waals surface area contributed by atoms with Gasteiger partial charge in [-0.1, -0.05) is 0 Å². The number of piperazine rings is 1. The van der Waals surface area contributed by atoms with Crippen molar-refractivity contribution in [3.63, 3.8) is 0 Å². The number of hydrogen-bond acceptors (Lipinski definition) is 6. The van der Waals surface area contributed by atoms with Crippen molar-refractivity contribution >= 4 is 23.3 Å². The number of nitro benzene ring substituents is 1. The van der Waals surface area contributed by atoms with Crippen LogP contribution >= 0.6 is 0 Å². The van der Waals surface area contributed by atoms with Crippen molar-refractivity contribution < 1.29 is 28.0 Å². The van der Waals surface area contributed by atoms with Crippen LogP contribution in [0.5, 0.6) is 0 Å². The average Bonchev–Trinajstić information content (AvgIpc) is 2.72. The summed E-state index contributed by atoms with van der Waals surface area (Å²) in [6.45, 7) is 1.37. The molecule has 0 radical (unpaired) electrons. The van der Waals surface area contributed by atoms with Crippen LogP contribution in [0.3, 0.4) is 0 Å². The van der Waals surface area contributed by atoms with E-state index in [-0.39, 0.29) is 11.4 Å². The summed E-state index contributed by atoms with van der Waals surface area (Å²) in [5.41, 5.74) is -0.121. The third-order valence-electron chi connectivity index (χ3n) is 4.53. The summed E-state index contributed by atoms with van der Waals surface area (Å²) in [6, 6.07) is 8.70. The Hall–Kier alpha value is -3.56. The minimum Gasteiger partial charge on any atom is -0.452 e. The van der Waals surface area contributed by atoms with Gasteiger partial charge in [0.05, 0.1) is 10.5 Å². The second kappa shape index (κ2) is 8.63. The highest BCUT2D eigenvalue weighted by atomic mass is 19.1. The van der Waals surface area contributed by atoms with E-state index in [0.29, 0.717) is 32.2 Å². The van der Waals surface area contributed by atoms with Crippen molar-refractivity contribution in [2.75, 3.05) is 37.7 Å². The Bertz CT molecular complexity index is 928. The number of anilines is 1. The molecule has 0 bridgehead atoms. The van der Waals surface area contributed by atoms with Crippen LogP contribution in [-0.4, -0.2) is 54.5 Å². The largest absolute Gasteiger partial charge is 0.452 e. The maximum Gasteiger partial charge on any atom is 0.338 e. The summed E-state index contributed by atoms with van der Waals surface area (Å²) >= 11 is 0. The zero-order valence-electron chi connectivity index (χ0n) is 15.2. The topological polar surface area (TPSA) is 93.0 Å². The van der Waals surface area contributed by atoms with E-state index in [0.717, 1.165) is 17.8 Å². The lowest BCUT2D eigenvalue weighted by Crippen LogP contribution is -2.49. The fourth-order valence-corrected chi connectivity index (χ4v) is 2.95. The van der Waals surface area contributed by atoms with Crippen LogP contribution in [0.15, 0.2) is 42.5 Å². The van der Waals surface area contributed by atoms with Gasteiger partial charge in [-0.25, -0.2) is 9.18 Å². The molecular formula is C19H17F2N3O5. The standard InChI is InChI=1S/C19H17F2N3O5/c20-14-2-4-15(5-3-14)22-7-9-23(10-8-22)18(25)12-29-19(26)13-1-6-17(24(27)28)16(21)11-13/h1-6,11H,7-10,12H2. The number of hydrogen-bond donors (Lipinski definition) is 0. The molecule has 1 saturated heterocycles. The Morgan fingerprint density at radius 1 is 1.03 bits per heavy atom.